The van der Waals surface area contributed by atoms with E-state index < -0.39 is 0 Å². The summed E-state index contributed by atoms with van der Waals surface area (Å²) in [6.07, 6.45) is 6.30. The quantitative estimate of drug-likeness (QED) is 0.876. The normalized spacial score (nSPS) is 28.2. The minimum absolute atomic E-state index is 0. The molecule has 2 aliphatic carbocycles. The zero-order valence-corrected chi connectivity index (χ0v) is 15.3. The molecule has 3 nitrogen and oxygen atoms in total. The van der Waals surface area contributed by atoms with E-state index in [0.29, 0.717) is 30.3 Å². The molecule has 0 aromatic heterocycles. The molecule has 2 aromatic rings. The zero-order chi connectivity index (χ0) is 16.5. The highest BCUT2D eigenvalue weighted by Crippen LogP contribution is 2.39. The van der Waals surface area contributed by atoms with Crippen LogP contribution in [0.15, 0.2) is 42.5 Å². The van der Waals surface area contributed by atoms with Crippen molar-refractivity contribution in [3.63, 3.8) is 0 Å². The maximum Gasteiger partial charge on any atom is 0.224 e. The van der Waals surface area contributed by atoms with Crippen molar-refractivity contribution >= 4 is 29.1 Å². The number of rotatable bonds is 3. The van der Waals surface area contributed by atoms with Gasteiger partial charge in [0.1, 0.15) is 0 Å². The van der Waals surface area contributed by atoms with Crippen LogP contribution in [0.4, 0.5) is 0 Å². The van der Waals surface area contributed by atoms with Gasteiger partial charge in [0.15, 0.2) is 0 Å². The second kappa shape index (κ2) is 7.76. The first-order valence-electron chi connectivity index (χ1n) is 9.22. The van der Waals surface area contributed by atoms with E-state index in [1.165, 1.54) is 30.0 Å². The molecule has 1 amide bonds. The summed E-state index contributed by atoms with van der Waals surface area (Å²) in [6.45, 7) is 0. The Morgan fingerprint density at radius 1 is 1.04 bits per heavy atom. The standard InChI is InChI=1S/C21H26N2O.ClH/c22-18-11-16-8-4-9-17(12-18)21(16)23-20(24)13-15-7-3-6-14-5-1-2-10-19(14)15;/h1-3,5-7,10,16-18,21H,4,8-9,11-13,22H2,(H,23,24);1H. The molecule has 25 heavy (non-hydrogen) atoms. The average molecular weight is 359 g/mol. The fourth-order valence-electron chi connectivity index (χ4n) is 4.88. The number of nitrogens with two attached hydrogens (primary N) is 1. The van der Waals surface area contributed by atoms with Gasteiger partial charge in [0.05, 0.1) is 6.42 Å². The maximum absolute atomic E-state index is 12.7. The summed E-state index contributed by atoms with van der Waals surface area (Å²) in [4.78, 5) is 12.7. The number of carbonyl (C=O) groups excluding carboxylic acids is 1. The fourth-order valence-corrected chi connectivity index (χ4v) is 4.88. The molecule has 4 rings (SSSR count). The largest absolute Gasteiger partial charge is 0.353 e. The van der Waals surface area contributed by atoms with Gasteiger partial charge in [0.2, 0.25) is 5.91 Å². The van der Waals surface area contributed by atoms with Crippen LogP contribution in [0, 0.1) is 11.8 Å². The van der Waals surface area contributed by atoms with Gasteiger partial charge < -0.3 is 11.1 Å². The molecule has 4 heteroatoms. The number of amides is 1. The highest BCUT2D eigenvalue weighted by atomic mass is 35.5. The van der Waals surface area contributed by atoms with Crippen LogP contribution in [0.1, 0.15) is 37.7 Å². The van der Waals surface area contributed by atoms with Gasteiger partial charge in [-0.2, -0.15) is 0 Å². The lowest BCUT2D eigenvalue weighted by Crippen LogP contribution is -2.54. The van der Waals surface area contributed by atoms with E-state index in [9.17, 15) is 4.79 Å². The van der Waals surface area contributed by atoms with Gasteiger partial charge >= 0.3 is 0 Å². The minimum Gasteiger partial charge on any atom is -0.353 e. The van der Waals surface area contributed by atoms with Crippen LogP contribution in [-0.2, 0) is 11.2 Å². The van der Waals surface area contributed by atoms with Crippen molar-refractivity contribution in [3.05, 3.63) is 48.0 Å². The minimum atomic E-state index is 0. The number of carbonyl (C=O) groups is 1. The second-order valence-electron chi connectivity index (χ2n) is 7.59. The molecule has 0 heterocycles. The van der Waals surface area contributed by atoms with Crippen LogP contribution in [0.3, 0.4) is 0 Å². The van der Waals surface area contributed by atoms with Crippen LogP contribution in [0.25, 0.3) is 10.8 Å². The third kappa shape index (κ3) is 3.83. The summed E-state index contributed by atoms with van der Waals surface area (Å²) in [5.41, 5.74) is 7.31. The smallest absolute Gasteiger partial charge is 0.224 e. The fraction of sp³-hybridized carbons (Fsp3) is 0.476. The van der Waals surface area contributed by atoms with Gasteiger partial charge in [-0.1, -0.05) is 48.9 Å². The predicted octanol–water partition coefficient (Wildman–Crippen LogP) is 3.83. The van der Waals surface area contributed by atoms with Crippen molar-refractivity contribution in [2.75, 3.05) is 0 Å². The van der Waals surface area contributed by atoms with Gasteiger partial charge in [-0.25, -0.2) is 0 Å². The molecule has 0 spiro atoms. The highest BCUT2D eigenvalue weighted by molar-refractivity contribution is 5.90. The van der Waals surface area contributed by atoms with E-state index in [1.807, 2.05) is 18.2 Å². The van der Waals surface area contributed by atoms with Crippen molar-refractivity contribution in [2.24, 2.45) is 17.6 Å². The Morgan fingerprint density at radius 3 is 2.48 bits per heavy atom. The van der Waals surface area contributed by atoms with Crippen molar-refractivity contribution in [3.8, 4) is 0 Å². The molecule has 0 aliphatic heterocycles. The number of halogens is 1. The molecule has 0 saturated heterocycles. The first kappa shape index (κ1) is 18.2. The topological polar surface area (TPSA) is 55.1 Å². The third-order valence-electron chi connectivity index (χ3n) is 5.94. The van der Waals surface area contributed by atoms with Crippen molar-refractivity contribution in [2.45, 2.75) is 50.6 Å². The van der Waals surface area contributed by atoms with E-state index in [1.54, 1.807) is 0 Å². The molecule has 134 valence electrons. The maximum atomic E-state index is 12.7. The van der Waals surface area contributed by atoms with E-state index >= 15 is 0 Å². The van der Waals surface area contributed by atoms with E-state index in [-0.39, 0.29) is 18.3 Å². The predicted molar refractivity (Wildman–Crippen MR) is 105 cm³/mol. The van der Waals surface area contributed by atoms with Crippen LogP contribution >= 0.6 is 12.4 Å². The van der Waals surface area contributed by atoms with E-state index in [2.05, 4.69) is 29.6 Å². The highest BCUT2D eigenvalue weighted by Gasteiger charge is 2.39. The first-order chi connectivity index (χ1) is 11.7. The van der Waals surface area contributed by atoms with Gasteiger partial charge in [-0.15, -0.1) is 12.4 Å². The molecule has 2 unspecified atom stereocenters. The molecule has 2 bridgehead atoms. The van der Waals surface area contributed by atoms with Crippen molar-refractivity contribution in [1.82, 2.24) is 5.32 Å². The Morgan fingerprint density at radius 2 is 1.72 bits per heavy atom. The first-order valence-corrected chi connectivity index (χ1v) is 9.22. The molecular formula is C21H27ClN2O. The Bertz CT molecular complexity index is 728. The van der Waals surface area contributed by atoms with Crippen LogP contribution in [0.2, 0.25) is 0 Å². The molecule has 0 radical (unpaired) electrons. The lowest BCUT2D eigenvalue weighted by molar-refractivity contribution is -0.122. The molecule has 2 saturated carbocycles. The zero-order valence-electron chi connectivity index (χ0n) is 14.5. The Kier molecular flexibility index (Phi) is 5.65. The average Bonchev–Trinajstić information content (AvgIpc) is 2.56. The molecular weight excluding hydrogens is 332 g/mol. The molecule has 2 fully saturated rings. The lowest BCUT2D eigenvalue weighted by Gasteiger charge is -2.45. The van der Waals surface area contributed by atoms with Gasteiger partial charge in [-0.3, -0.25) is 4.79 Å². The molecule has 2 aromatic carbocycles. The Hall–Kier alpha value is -1.58. The number of nitrogens with one attached hydrogen (secondary N) is 1. The van der Waals surface area contributed by atoms with E-state index in [4.69, 9.17) is 5.73 Å². The molecule has 2 atom stereocenters. The van der Waals surface area contributed by atoms with E-state index in [0.717, 1.165) is 18.4 Å². The van der Waals surface area contributed by atoms with Gasteiger partial charge in [0.25, 0.3) is 0 Å². The third-order valence-corrected chi connectivity index (χ3v) is 5.94. The summed E-state index contributed by atoms with van der Waals surface area (Å²) < 4.78 is 0. The van der Waals surface area contributed by atoms with Crippen LogP contribution in [-0.4, -0.2) is 18.0 Å². The summed E-state index contributed by atoms with van der Waals surface area (Å²) in [7, 11) is 0. The Labute approximate surface area is 155 Å². The lowest BCUT2D eigenvalue weighted by atomic mass is 9.67. The second-order valence-corrected chi connectivity index (χ2v) is 7.59. The van der Waals surface area contributed by atoms with Crippen molar-refractivity contribution < 1.29 is 4.79 Å². The number of fused-ring (bicyclic) bond motifs is 3. The van der Waals surface area contributed by atoms with Crippen LogP contribution < -0.4 is 11.1 Å². The summed E-state index contributed by atoms with van der Waals surface area (Å²) in [5, 5.41) is 5.74. The van der Waals surface area contributed by atoms with Crippen molar-refractivity contribution in [1.29, 1.82) is 0 Å². The van der Waals surface area contributed by atoms with Gasteiger partial charge in [-0.05, 0) is 53.9 Å². The summed E-state index contributed by atoms with van der Waals surface area (Å²) in [5.74, 6) is 1.30. The number of hydrogen-bond acceptors (Lipinski definition) is 2. The summed E-state index contributed by atoms with van der Waals surface area (Å²) >= 11 is 0. The number of hydrogen-bond donors (Lipinski definition) is 2. The monoisotopic (exact) mass is 358 g/mol. The Balaban J connectivity index is 0.00000182. The molecule has 3 N–H and O–H groups in total. The molecule has 2 aliphatic rings. The number of benzene rings is 2. The summed E-state index contributed by atoms with van der Waals surface area (Å²) in [6, 6.07) is 15.2. The van der Waals surface area contributed by atoms with Crippen LogP contribution in [0.5, 0.6) is 0 Å². The van der Waals surface area contributed by atoms with Gasteiger partial charge in [0, 0.05) is 12.1 Å². The SMILES string of the molecule is Cl.NC1CC2CCCC(C1)C2NC(=O)Cc1cccc2ccccc12.